The third-order valence-electron chi connectivity index (χ3n) is 2.69. The van der Waals surface area contributed by atoms with Crippen LogP contribution in [0, 0.1) is 5.92 Å². The molecule has 3 nitrogen and oxygen atoms in total. The summed E-state index contributed by atoms with van der Waals surface area (Å²) in [4.78, 5) is 2.37. The molecule has 1 saturated heterocycles. The lowest BCUT2D eigenvalue weighted by Gasteiger charge is -2.36. The molecule has 3 heteroatoms. The van der Waals surface area contributed by atoms with Crippen molar-refractivity contribution in [3.05, 3.63) is 0 Å². The first-order valence-electron chi connectivity index (χ1n) is 5.15. The fourth-order valence-electron chi connectivity index (χ4n) is 1.99. The van der Waals surface area contributed by atoms with Crippen LogP contribution >= 0.6 is 0 Å². The number of hydrogen-bond acceptors (Lipinski definition) is 3. The molecule has 0 aromatic heterocycles. The van der Waals surface area contributed by atoms with Gasteiger partial charge in [0.2, 0.25) is 0 Å². The maximum Gasteiger partial charge on any atom is 0.0621 e. The minimum Gasteiger partial charge on any atom is -0.394 e. The summed E-state index contributed by atoms with van der Waals surface area (Å²) < 4.78 is 0. The SMILES string of the molecule is CC1CCCN(CC(C)(N)CO)C1. The van der Waals surface area contributed by atoms with Gasteiger partial charge in [-0.15, -0.1) is 0 Å². The summed E-state index contributed by atoms with van der Waals surface area (Å²) in [6.45, 7) is 7.33. The molecule has 78 valence electrons. The molecule has 0 bridgehead atoms. The van der Waals surface area contributed by atoms with Crippen LogP contribution in [-0.2, 0) is 0 Å². The van der Waals surface area contributed by atoms with Gasteiger partial charge in [-0.2, -0.15) is 0 Å². The molecule has 1 aliphatic heterocycles. The number of nitrogens with two attached hydrogens (primary N) is 1. The monoisotopic (exact) mass is 186 g/mol. The lowest BCUT2D eigenvalue weighted by atomic mass is 9.97. The molecule has 1 rings (SSSR count). The van der Waals surface area contributed by atoms with Gasteiger partial charge >= 0.3 is 0 Å². The third kappa shape index (κ3) is 3.63. The van der Waals surface area contributed by atoms with Crippen LogP contribution in [-0.4, -0.2) is 41.8 Å². The molecule has 2 atom stereocenters. The van der Waals surface area contributed by atoms with Gasteiger partial charge in [0.25, 0.3) is 0 Å². The second-order valence-electron chi connectivity index (χ2n) is 4.79. The predicted octanol–water partition coefficient (Wildman–Crippen LogP) is 0.428. The standard InChI is InChI=1S/C10H22N2O/c1-9-4-3-5-12(6-9)7-10(2,11)8-13/h9,13H,3-8,11H2,1-2H3. The van der Waals surface area contributed by atoms with E-state index in [1.807, 2.05) is 6.92 Å². The first-order valence-corrected chi connectivity index (χ1v) is 5.15. The van der Waals surface area contributed by atoms with Crippen LogP contribution < -0.4 is 5.73 Å². The highest BCUT2D eigenvalue weighted by atomic mass is 16.3. The van der Waals surface area contributed by atoms with E-state index in [1.165, 1.54) is 12.8 Å². The zero-order valence-corrected chi connectivity index (χ0v) is 8.79. The fourth-order valence-corrected chi connectivity index (χ4v) is 1.99. The number of nitrogens with zero attached hydrogens (tertiary/aromatic N) is 1. The molecule has 0 aliphatic carbocycles. The summed E-state index contributed by atoms with van der Waals surface area (Å²) in [7, 11) is 0. The fraction of sp³-hybridized carbons (Fsp3) is 1.00. The van der Waals surface area contributed by atoms with Gasteiger partial charge in [0.05, 0.1) is 6.61 Å². The van der Waals surface area contributed by atoms with Gasteiger partial charge in [0, 0.05) is 18.6 Å². The molecule has 13 heavy (non-hydrogen) atoms. The Labute approximate surface area is 80.9 Å². The van der Waals surface area contributed by atoms with E-state index < -0.39 is 5.54 Å². The molecule has 0 aromatic carbocycles. The van der Waals surface area contributed by atoms with Crippen LogP contribution in [0.25, 0.3) is 0 Å². The third-order valence-corrected chi connectivity index (χ3v) is 2.69. The van der Waals surface area contributed by atoms with Crippen molar-refractivity contribution in [2.24, 2.45) is 11.7 Å². The molecule has 0 aromatic rings. The van der Waals surface area contributed by atoms with E-state index in [0.717, 1.165) is 25.6 Å². The molecule has 1 heterocycles. The van der Waals surface area contributed by atoms with Crippen molar-refractivity contribution < 1.29 is 5.11 Å². The summed E-state index contributed by atoms with van der Waals surface area (Å²) in [5.41, 5.74) is 5.47. The largest absolute Gasteiger partial charge is 0.394 e. The first-order chi connectivity index (χ1) is 6.03. The zero-order valence-electron chi connectivity index (χ0n) is 8.79. The first kappa shape index (κ1) is 11.0. The van der Waals surface area contributed by atoms with E-state index in [9.17, 15) is 0 Å². The molecule has 0 saturated carbocycles. The predicted molar refractivity (Wildman–Crippen MR) is 54.5 cm³/mol. The van der Waals surface area contributed by atoms with Crippen LogP contribution in [0.4, 0.5) is 0 Å². The smallest absolute Gasteiger partial charge is 0.0621 e. The molecule has 3 N–H and O–H groups in total. The van der Waals surface area contributed by atoms with Crippen LogP contribution in [0.15, 0.2) is 0 Å². The van der Waals surface area contributed by atoms with Gasteiger partial charge < -0.3 is 15.7 Å². The Bertz CT molecular complexity index is 159. The minimum atomic E-state index is -0.433. The van der Waals surface area contributed by atoms with Gasteiger partial charge in [0.1, 0.15) is 0 Å². The summed E-state index contributed by atoms with van der Waals surface area (Å²) in [6.07, 6.45) is 2.60. The number of rotatable bonds is 3. The Morgan fingerprint density at radius 2 is 2.31 bits per heavy atom. The van der Waals surface area contributed by atoms with E-state index >= 15 is 0 Å². The van der Waals surface area contributed by atoms with E-state index in [0.29, 0.717) is 0 Å². The average molecular weight is 186 g/mol. The molecule has 1 fully saturated rings. The molecule has 0 spiro atoms. The Balaban J connectivity index is 2.35. The van der Waals surface area contributed by atoms with Gasteiger partial charge in [-0.1, -0.05) is 6.92 Å². The second kappa shape index (κ2) is 4.40. The Morgan fingerprint density at radius 1 is 1.62 bits per heavy atom. The normalized spacial score (nSPS) is 30.0. The topological polar surface area (TPSA) is 49.5 Å². The molecule has 0 radical (unpaired) electrons. The maximum atomic E-state index is 9.04. The number of aliphatic hydroxyl groups is 1. The van der Waals surface area contributed by atoms with E-state index in [4.69, 9.17) is 10.8 Å². The van der Waals surface area contributed by atoms with Crippen molar-refractivity contribution in [1.82, 2.24) is 4.90 Å². The Hall–Kier alpha value is -0.120. The number of hydrogen-bond donors (Lipinski definition) is 2. The van der Waals surface area contributed by atoms with Crippen molar-refractivity contribution in [1.29, 1.82) is 0 Å². The van der Waals surface area contributed by atoms with Crippen LogP contribution in [0.3, 0.4) is 0 Å². The van der Waals surface area contributed by atoms with Crippen molar-refractivity contribution in [3.63, 3.8) is 0 Å². The molecule has 1 aliphatic rings. The van der Waals surface area contributed by atoms with Crippen LogP contribution in [0.2, 0.25) is 0 Å². The lowest BCUT2D eigenvalue weighted by molar-refractivity contribution is 0.116. The van der Waals surface area contributed by atoms with Crippen LogP contribution in [0.5, 0.6) is 0 Å². The minimum absolute atomic E-state index is 0.0673. The van der Waals surface area contributed by atoms with Crippen molar-refractivity contribution in [3.8, 4) is 0 Å². The maximum absolute atomic E-state index is 9.04. The van der Waals surface area contributed by atoms with E-state index in [-0.39, 0.29) is 6.61 Å². The number of likely N-dealkylation sites (tertiary alicyclic amines) is 1. The molecular formula is C10H22N2O. The van der Waals surface area contributed by atoms with Gasteiger partial charge in [-0.3, -0.25) is 0 Å². The summed E-state index contributed by atoms with van der Waals surface area (Å²) in [5, 5.41) is 9.04. The zero-order chi connectivity index (χ0) is 9.90. The van der Waals surface area contributed by atoms with Crippen molar-refractivity contribution >= 4 is 0 Å². The lowest BCUT2D eigenvalue weighted by Crippen LogP contribution is -2.52. The molecule has 0 amide bonds. The summed E-state index contributed by atoms with van der Waals surface area (Å²) in [6, 6.07) is 0. The quantitative estimate of drug-likeness (QED) is 0.672. The highest BCUT2D eigenvalue weighted by Gasteiger charge is 2.24. The van der Waals surface area contributed by atoms with Crippen molar-refractivity contribution in [2.45, 2.75) is 32.2 Å². The van der Waals surface area contributed by atoms with Gasteiger partial charge in [0.15, 0.2) is 0 Å². The number of aliphatic hydroxyl groups excluding tert-OH is 1. The van der Waals surface area contributed by atoms with Crippen molar-refractivity contribution in [2.75, 3.05) is 26.2 Å². The molecular weight excluding hydrogens is 164 g/mol. The van der Waals surface area contributed by atoms with Crippen LogP contribution in [0.1, 0.15) is 26.7 Å². The van der Waals surface area contributed by atoms with Gasteiger partial charge in [-0.25, -0.2) is 0 Å². The molecule has 2 unspecified atom stereocenters. The Kier molecular flexibility index (Phi) is 3.71. The highest BCUT2D eigenvalue weighted by Crippen LogP contribution is 2.16. The number of piperidine rings is 1. The Morgan fingerprint density at radius 3 is 2.85 bits per heavy atom. The summed E-state index contributed by atoms with van der Waals surface area (Å²) in [5.74, 6) is 0.781. The highest BCUT2D eigenvalue weighted by molar-refractivity contribution is 4.83. The average Bonchev–Trinajstić information content (AvgIpc) is 2.03. The van der Waals surface area contributed by atoms with Gasteiger partial charge in [-0.05, 0) is 32.2 Å². The second-order valence-corrected chi connectivity index (χ2v) is 4.79. The van der Waals surface area contributed by atoms with E-state index in [1.54, 1.807) is 0 Å². The summed E-state index contributed by atoms with van der Waals surface area (Å²) >= 11 is 0. The van der Waals surface area contributed by atoms with E-state index in [2.05, 4.69) is 11.8 Å².